The van der Waals surface area contributed by atoms with Crippen LogP contribution in [0.1, 0.15) is 28.4 Å². The summed E-state index contributed by atoms with van der Waals surface area (Å²) < 4.78 is 40.2. The van der Waals surface area contributed by atoms with Crippen LogP contribution in [0.3, 0.4) is 0 Å². The van der Waals surface area contributed by atoms with Gasteiger partial charge in [0.1, 0.15) is 0 Å². The predicted molar refractivity (Wildman–Crippen MR) is 79.0 cm³/mol. The summed E-state index contributed by atoms with van der Waals surface area (Å²) in [5, 5.41) is 10.4. The number of benzene rings is 2. The van der Waals surface area contributed by atoms with E-state index < -0.39 is 35.0 Å². The lowest BCUT2D eigenvalue weighted by Gasteiger charge is -2.32. The fourth-order valence-corrected chi connectivity index (χ4v) is 2.79. The molecule has 0 aliphatic carbocycles. The van der Waals surface area contributed by atoms with Gasteiger partial charge in [0.25, 0.3) is 5.91 Å². The van der Waals surface area contributed by atoms with Crippen LogP contribution in [0.15, 0.2) is 30.3 Å². The number of anilines is 1. The molecule has 3 rings (SSSR count). The highest BCUT2D eigenvalue weighted by Gasteiger charge is 2.30. The molecule has 0 aromatic heterocycles. The van der Waals surface area contributed by atoms with E-state index in [4.69, 9.17) is 11.6 Å². The Morgan fingerprint density at radius 3 is 2.65 bits per heavy atom. The topological polar surface area (TPSA) is 40.5 Å². The summed E-state index contributed by atoms with van der Waals surface area (Å²) in [5.41, 5.74) is 0.226. The van der Waals surface area contributed by atoms with Gasteiger partial charge in [-0.25, -0.2) is 13.2 Å². The van der Waals surface area contributed by atoms with Gasteiger partial charge >= 0.3 is 0 Å². The molecule has 0 saturated heterocycles. The van der Waals surface area contributed by atoms with Crippen LogP contribution in [-0.4, -0.2) is 17.6 Å². The molecule has 0 saturated carbocycles. The van der Waals surface area contributed by atoms with Gasteiger partial charge in [-0.05, 0) is 36.8 Å². The molecule has 0 spiro atoms. The first-order chi connectivity index (χ1) is 10.9. The SMILES string of the molecule is O=C(c1ccc(F)c(F)c1F)N1CCC(O)c2cc(Cl)ccc21. The van der Waals surface area contributed by atoms with E-state index in [1.807, 2.05) is 0 Å². The third kappa shape index (κ3) is 2.68. The van der Waals surface area contributed by atoms with E-state index in [0.717, 1.165) is 6.07 Å². The van der Waals surface area contributed by atoms with E-state index in [1.54, 1.807) is 0 Å². The number of nitrogens with zero attached hydrogens (tertiary/aromatic N) is 1. The molecule has 1 atom stereocenters. The summed E-state index contributed by atoms with van der Waals surface area (Å²) >= 11 is 5.88. The lowest BCUT2D eigenvalue weighted by Crippen LogP contribution is -2.37. The van der Waals surface area contributed by atoms with Crippen LogP contribution in [0.25, 0.3) is 0 Å². The predicted octanol–water partition coefficient (Wildman–Crippen LogP) is 3.84. The highest BCUT2D eigenvalue weighted by atomic mass is 35.5. The molecule has 2 aromatic carbocycles. The fourth-order valence-electron chi connectivity index (χ4n) is 2.61. The number of amides is 1. The van der Waals surface area contributed by atoms with Crippen LogP contribution >= 0.6 is 11.6 Å². The molecule has 3 nitrogen and oxygen atoms in total. The minimum atomic E-state index is -1.69. The lowest BCUT2D eigenvalue weighted by atomic mass is 9.98. The number of hydrogen-bond donors (Lipinski definition) is 1. The van der Waals surface area contributed by atoms with Crippen LogP contribution < -0.4 is 4.90 Å². The van der Waals surface area contributed by atoms with Crippen molar-refractivity contribution >= 4 is 23.2 Å². The Kier molecular flexibility index (Phi) is 4.04. The molecule has 1 aliphatic heterocycles. The van der Waals surface area contributed by atoms with Gasteiger partial charge in [-0.3, -0.25) is 4.79 Å². The van der Waals surface area contributed by atoms with Crippen molar-refractivity contribution in [3.63, 3.8) is 0 Å². The molecule has 1 aliphatic rings. The number of aliphatic hydroxyl groups excluding tert-OH is 1. The number of carbonyl (C=O) groups excluding carboxylic acids is 1. The number of aliphatic hydroxyl groups is 1. The van der Waals surface area contributed by atoms with Gasteiger partial charge in [0, 0.05) is 22.8 Å². The zero-order valence-corrected chi connectivity index (χ0v) is 12.4. The number of hydrogen-bond acceptors (Lipinski definition) is 2. The van der Waals surface area contributed by atoms with E-state index >= 15 is 0 Å². The van der Waals surface area contributed by atoms with Crippen molar-refractivity contribution in [2.24, 2.45) is 0 Å². The van der Waals surface area contributed by atoms with Crippen LogP contribution in [0.2, 0.25) is 5.02 Å². The number of rotatable bonds is 1. The Balaban J connectivity index is 2.05. The molecule has 120 valence electrons. The Bertz CT molecular complexity index is 797. The Labute approximate surface area is 134 Å². The number of halogens is 4. The van der Waals surface area contributed by atoms with Crippen LogP contribution in [0.4, 0.5) is 18.9 Å². The second kappa shape index (κ2) is 5.86. The average Bonchev–Trinajstić information content (AvgIpc) is 2.53. The molecule has 0 fully saturated rings. The van der Waals surface area contributed by atoms with Crippen molar-refractivity contribution in [2.45, 2.75) is 12.5 Å². The van der Waals surface area contributed by atoms with E-state index in [1.165, 1.54) is 23.1 Å². The fraction of sp³-hybridized carbons (Fsp3) is 0.188. The summed E-state index contributed by atoms with van der Waals surface area (Å²) in [6.45, 7) is 0.118. The maximum absolute atomic E-state index is 13.9. The molecule has 0 bridgehead atoms. The minimum Gasteiger partial charge on any atom is -0.388 e. The Morgan fingerprint density at radius 1 is 1.17 bits per heavy atom. The van der Waals surface area contributed by atoms with Gasteiger partial charge in [-0.1, -0.05) is 11.6 Å². The summed E-state index contributed by atoms with van der Waals surface area (Å²) in [4.78, 5) is 13.7. The monoisotopic (exact) mass is 341 g/mol. The van der Waals surface area contributed by atoms with Crippen molar-refractivity contribution in [1.29, 1.82) is 0 Å². The molecule has 1 amide bonds. The third-order valence-corrected chi connectivity index (χ3v) is 4.01. The van der Waals surface area contributed by atoms with E-state index in [9.17, 15) is 23.1 Å². The molecule has 0 radical (unpaired) electrons. The molecule has 1 N–H and O–H groups in total. The molecule has 1 heterocycles. The van der Waals surface area contributed by atoms with Gasteiger partial charge in [0.05, 0.1) is 11.7 Å². The minimum absolute atomic E-state index is 0.118. The first kappa shape index (κ1) is 15.8. The first-order valence-electron chi connectivity index (χ1n) is 6.83. The highest BCUT2D eigenvalue weighted by Crippen LogP contribution is 2.36. The maximum Gasteiger partial charge on any atom is 0.261 e. The summed E-state index contributed by atoms with van der Waals surface area (Å²) in [5.74, 6) is -5.39. The molecule has 2 aromatic rings. The van der Waals surface area contributed by atoms with E-state index in [0.29, 0.717) is 22.3 Å². The van der Waals surface area contributed by atoms with Crippen molar-refractivity contribution < 1.29 is 23.1 Å². The van der Waals surface area contributed by atoms with Crippen LogP contribution in [-0.2, 0) is 0 Å². The van der Waals surface area contributed by atoms with Gasteiger partial charge in [-0.15, -0.1) is 0 Å². The molecule has 1 unspecified atom stereocenters. The van der Waals surface area contributed by atoms with Gasteiger partial charge in [-0.2, -0.15) is 0 Å². The quantitative estimate of drug-likeness (QED) is 0.801. The largest absolute Gasteiger partial charge is 0.388 e. The standard InChI is InChI=1S/C16H11ClF3NO2/c17-8-1-4-12-10(7-8)13(22)5-6-21(12)16(23)9-2-3-11(18)15(20)14(9)19/h1-4,7,13,22H,5-6H2. The molecule has 23 heavy (non-hydrogen) atoms. The third-order valence-electron chi connectivity index (χ3n) is 3.78. The second-order valence-corrected chi connectivity index (χ2v) is 5.62. The molecular weight excluding hydrogens is 331 g/mol. The lowest BCUT2D eigenvalue weighted by molar-refractivity contribution is 0.0965. The van der Waals surface area contributed by atoms with Crippen molar-refractivity contribution in [1.82, 2.24) is 0 Å². The average molecular weight is 342 g/mol. The summed E-state index contributed by atoms with van der Waals surface area (Å²) in [6.07, 6.45) is -0.577. The Morgan fingerprint density at radius 2 is 1.91 bits per heavy atom. The Hall–Kier alpha value is -2.05. The number of carbonyl (C=O) groups is 1. The second-order valence-electron chi connectivity index (χ2n) is 5.19. The van der Waals surface area contributed by atoms with Crippen molar-refractivity contribution in [3.8, 4) is 0 Å². The summed E-state index contributed by atoms with van der Waals surface area (Å²) in [6, 6.07) is 6.17. The van der Waals surface area contributed by atoms with Gasteiger partial charge in [0.15, 0.2) is 17.5 Å². The normalized spacial score (nSPS) is 17.1. The first-order valence-corrected chi connectivity index (χ1v) is 7.21. The zero-order chi connectivity index (χ0) is 16.7. The van der Waals surface area contributed by atoms with Gasteiger partial charge in [0.2, 0.25) is 0 Å². The van der Waals surface area contributed by atoms with Crippen LogP contribution in [0, 0.1) is 17.5 Å². The van der Waals surface area contributed by atoms with Gasteiger partial charge < -0.3 is 10.0 Å². The highest BCUT2D eigenvalue weighted by molar-refractivity contribution is 6.30. The van der Waals surface area contributed by atoms with E-state index in [-0.39, 0.29) is 13.0 Å². The maximum atomic E-state index is 13.9. The summed E-state index contributed by atoms with van der Waals surface area (Å²) in [7, 11) is 0. The smallest absolute Gasteiger partial charge is 0.261 e. The molecular formula is C16H11ClF3NO2. The van der Waals surface area contributed by atoms with E-state index in [2.05, 4.69) is 0 Å². The molecule has 7 heteroatoms. The van der Waals surface area contributed by atoms with Crippen LogP contribution in [0.5, 0.6) is 0 Å². The van der Waals surface area contributed by atoms with Crippen molar-refractivity contribution in [3.05, 3.63) is 63.9 Å². The van der Waals surface area contributed by atoms with Crippen molar-refractivity contribution in [2.75, 3.05) is 11.4 Å². The number of fused-ring (bicyclic) bond motifs is 1. The zero-order valence-electron chi connectivity index (χ0n) is 11.7.